The summed E-state index contributed by atoms with van der Waals surface area (Å²) in [6, 6.07) is 5.49. The number of carbonyl (C=O) groups excluding carboxylic acids is 2. The number of benzene rings is 1. The molecule has 112 valence electrons. The quantitative estimate of drug-likeness (QED) is 0.869. The topological polar surface area (TPSA) is 58.6 Å². The largest absolute Gasteiger partial charge is 0.496 e. The van der Waals surface area contributed by atoms with Crippen LogP contribution >= 0.6 is 0 Å². The zero-order chi connectivity index (χ0) is 15.0. The van der Waals surface area contributed by atoms with E-state index in [-0.39, 0.29) is 18.5 Å². The van der Waals surface area contributed by atoms with Gasteiger partial charge in [0, 0.05) is 5.56 Å². The second kappa shape index (κ2) is 5.06. The maximum absolute atomic E-state index is 12.6. The van der Waals surface area contributed by atoms with E-state index in [0.29, 0.717) is 5.75 Å². The summed E-state index contributed by atoms with van der Waals surface area (Å²) in [6.07, 6.45) is 3.49. The maximum atomic E-state index is 12.6. The van der Waals surface area contributed by atoms with E-state index in [2.05, 4.69) is 5.32 Å². The van der Waals surface area contributed by atoms with Crippen LogP contribution in [0.3, 0.4) is 0 Å². The molecule has 3 amide bonds. The molecule has 1 saturated heterocycles. The van der Waals surface area contributed by atoms with Crippen molar-refractivity contribution in [1.29, 1.82) is 0 Å². The molecule has 5 nitrogen and oxygen atoms in total. The minimum absolute atomic E-state index is 0.0893. The first-order chi connectivity index (χ1) is 10.1. The summed E-state index contributed by atoms with van der Waals surface area (Å²) in [5.41, 5.74) is 1.29. The number of ether oxygens (including phenoxy) is 1. The Kier molecular flexibility index (Phi) is 3.35. The van der Waals surface area contributed by atoms with Crippen LogP contribution in [0.1, 0.15) is 36.8 Å². The number of methoxy groups -OCH3 is 1. The van der Waals surface area contributed by atoms with Crippen LogP contribution in [-0.4, -0.2) is 29.5 Å². The minimum Gasteiger partial charge on any atom is -0.496 e. The average molecular weight is 288 g/mol. The second-order valence-corrected chi connectivity index (χ2v) is 5.93. The molecule has 1 heterocycles. The number of amides is 3. The minimum atomic E-state index is -0.645. The summed E-state index contributed by atoms with van der Waals surface area (Å²) in [5, 5.41) is 2.90. The third-order valence-corrected chi connectivity index (χ3v) is 4.47. The van der Waals surface area contributed by atoms with E-state index in [9.17, 15) is 9.59 Å². The van der Waals surface area contributed by atoms with Gasteiger partial charge in [0.1, 0.15) is 11.3 Å². The number of nitrogens with one attached hydrogen (secondary N) is 1. The fraction of sp³-hybridized carbons (Fsp3) is 0.500. The van der Waals surface area contributed by atoms with Gasteiger partial charge in [0.25, 0.3) is 5.91 Å². The third kappa shape index (κ3) is 2.26. The van der Waals surface area contributed by atoms with Gasteiger partial charge < -0.3 is 10.1 Å². The molecule has 2 aliphatic rings. The first-order valence-electron chi connectivity index (χ1n) is 7.33. The van der Waals surface area contributed by atoms with Crippen molar-refractivity contribution in [3.63, 3.8) is 0 Å². The molecule has 3 rings (SSSR count). The number of hydrogen-bond donors (Lipinski definition) is 1. The molecule has 21 heavy (non-hydrogen) atoms. The van der Waals surface area contributed by atoms with Crippen molar-refractivity contribution in [2.45, 2.75) is 44.7 Å². The molecule has 0 atom stereocenters. The van der Waals surface area contributed by atoms with Gasteiger partial charge in [0.2, 0.25) is 0 Å². The zero-order valence-corrected chi connectivity index (χ0v) is 12.4. The van der Waals surface area contributed by atoms with Crippen molar-refractivity contribution >= 4 is 11.9 Å². The van der Waals surface area contributed by atoms with Crippen molar-refractivity contribution < 1.29 is 14.3 Å². The van der Waals surface area contributed by atoms with E-state index >= 15 is 0 Å². The summed E-state index contributed by atoms with van der Waals surface area (Å²) in [7, 11) is 1.60. The highest BCUT2D eigenvalue weighted by Gasteiger charge is 2.52. The second-order valence-electron chi connectivity index (χ2n) is 5.93. The van der Waals surface area contributed by atoms with Gasteiger partial charge in [-0.25, -0.2) is 4.79 Å². The predicted molar refractivity (Wildman–Crippen MR) is 78.0 cm³/mol. The van der Waals surface area contributed by atoms with Crippen molar-refractivity contribution in [2.24, 2.45) is 0 Å². The van der Waals surface area contributed by atoms with Gasteiger partial charge >= 0.3 is 6.03 Å². The summed E-state index contributed by atoms with van der Waals surface area (Å²) in [5.74, 6) is 0.613. The Morgan fingerprint density at radius 1 is 1.29 bits per heavy atom. The van der Waals surface area contributed by atoms with Gasteiger partial charge in [-0.15, -0.1) is 0 Å². The van der Waals surface area contributed by atoms with E-state index < -0.39 is 5.54 Å². The van der Waals surface area contributed by atoms with Crippen LogP contribution in [0.4, 0.5) is 4.79 Å². The van der Waals surface area contributed by atoms with E-state index in [1.807, 2.05) is 25.1 Å². The standard InChI is InChI=1S/C16H20N2O3/c1-11-5-6-13(21-2)12(9-11)10-18-14(19)16(17-15(18)20)7-3-4-8-16/h5-6,9H,3-4,7-8,10H2,1-2H3,(H,17,20). The molecule has 2 fully saturated rings. The lowest BCUT2D eigenvalue weighted by Gasteiger charge is -2.20. The third-order valence-electron chi connectivity index (χ3n) is 4.47. The van der Waals surface area contributed by atoms with Gasteiger partial charge in [-0.05, 0) is 25.8 Å². The normalized spacial score (nSPS) is 20.2. The lowest BCUT2D eigenvalue weighted by atomic mass is 9.98. The lowest BCUT2D eigenvalue weighted by molar-refractivity contribution is -0.131. The first kappa shape index (κ1) is 13.9. The summed E-state index contributed by atoms with van der Waals surface area (Å²) in [6.45, 7) is 2.24. The van der Waals surface area contributed by atoms with Crippen molar-refractivity contribution in [1.82, 2.24) is 10.2 Å². The number of rotatable bonds is 3. The number of carbonyl (C=O) groups is 2. The molecule has 0 unspecified atom stereocenters. The van der Waals surface area contributed by atoms with Crippen LogP contribution in [0.2, 0.25) is 0 Å². The van der Waals surface area contributed by atoms with Gasteiger partial charge in [0.05, 0.1) is 13.7 Å². The van der Waals surface area contributed by atoms with Crippen LogP contribution in [0.15, 0.2) is 18.2 Å². The molecule has 1 aliphatic carbocycles. The van der Waals surface area contributed by atoms with Crippen molar-refractivity contribution in [3.8, 4) is 5.75 Å². The summed E-state index contributed by atoms with van der Waals surface area (Å²) >= 11 is 0. The molecule has 0 aromatic heterocycles. The van der Waals surface area contributed by atoms with E-state index in [1.54, 1.807) is 7.11 Å². The monoisotopic (exact) mass is 288 g/mol. The number of aryl methyl sites for hydroxylation is 1. The molecular weight excluding hydrogens is 268 g/mol. The smallest absolute Gasteiger partial charge is 0.325 e. The number of hydrogen-bond acceptors (Lipinski definition) is 3. The molecule has 5 heteroatoms. The van der Waals surface area contributed by atoms with E-state index in [1.165, 1.54) is 4.90 Å². The van der Waals surface area contributed by atoms with Gasteiger partial charge in [-0.3, -0.25) is 9.69 Å². The van der Waals surface area contributed by atoms with Crippen molar-refractivity contribution in [3.05, 3.63) is 29.3 Å². The van der Waals surface area contributed by atoms with E-state index in [4.69, 9.17) is 4.74 Å². The van der Waals surface area contributed by atoms with Crippen molar-refractivity contribution in [2.75, 3.05) is 7.11 Å². The molecule has 1 N–H and O–H groups in total. The Morgan fingerprint density at radius 2 is 2.00 bits per heavy atom. The van der Waals surface area contributed by atoms with Gasteiger partial charge in [-0.1, -0.05) is 30.5 Å². The molecule has 1 spiro atoms. The fourth-order valence-corrected chi connectivity index (χ4v) is 3.34. The Labute approximate surface area is 124 Å². The zero-order valence-electron chi connectivity index (χ0n) is 12.4. The first-order valence-corrected chi connectivity index (χ1v) is 7.33. The highest BCUT2D eigenvalue weighted by Crippen LogP contribution is 2.36. The number of nitrogens with zero attached hydrogens (tertiary/aromatic N) is 1. The Balaban J connectivity index is 1.86. The molecule has 0 bridgehead atoms. The Morgan fingerprint density at radius 3 is 2.67 bits per heavy atom. The lowest BCUT2D eigenvalue weighted by Crippen LogP contribution is -2.44. The average Bonchev–Trinajstić information content (AvgIpc) is 3.01. The Hall–Kier alpha value is -2.04. The number of urea groups is 1. The summed E-state index contributed by atoms with van der Waals surface area (Å²) in [4.78, 5) is 26.1. The molecule has 1 aromatic rings. The maximum Gasteiger partial charge on any atom is 0.325 e. The fourth-order valence-electron chi connectivity index (χ4n) is 3.34. The highest BCUT2D eigenvalue weighted by molar-refractivity contribution is 6.07. The van der Waals surface area contributed by atoms with Crippen LogP contribution in [0.5, 0.6) is 5.75 Å². The van der Waals surface area contributed by atoms with Crippen LogP contribution in [-0.2, 0) is 11.3 Å². The van der Waals surface area contributed by atoms with Crippen LogP contribution < -0.4 is 10.1 Å². The SMILES string of the molecule is COc1ccc(C)cc1CN1C(=O)NC2(CCCC2)C1=O. The van der Waals surface area contributed by atoms with Crippen LogP contribution in [0, 0.1) is 6.92 Å². The predicted octanol–water partition coefficient (Wildman–Crippen LogP) is 2.37. The molecule has 1 aromatic carbocycles. The summed E-state index contributed by atoms with van der Waals surface area (Å²) < 4.78 is 5.33. The van der Waals surface area contributed by atoms with E-state index in [0.717, 1.165) is 36.8 Å². The van der Waals surface area contributed by atoms with Gasteiger partial charge in [-0.2, -0.15) is 0 Å². The van der Waals surface area contributed by atoms with Crippen LogP contribution in [0.25, 0.3) is 0 Å². The number of imide groups is 1. The Bertz CT molecular complexity index is 591. The van der Waals surface area contributed by atoms with Gasteiger partial charge in [0.15, 0.2) is 0 Å². The molecular formula is C16H20N2O3. The highest BCUT2D eigenvalue weighted by atomic mass is 16.5. The molecule has 1 aliphatic heterocycles. The molecule has 0 radical (unpaired) electrons. The molecule has 1 saturated carbocycles.